The van der Waals surface area contributed by atoms with E-state index in [4.69, 9.17) is 14.2 Å². The number of amides is 1. The highest BCUT2D eigenvalue weighted by atomic mass is 16.5. The lowest BCUT2D eigenvalue weighted by atomic mass is 10.0. The Hall–Kier alpha value is -3.28. The molecule has 1 atom stereocenters. The molecular formula is C22H25NO5. The van der Waals surface area contributed by atoms with E-state index in [0.29, 0.717) is 18.1 Å². The molecule has 0 aliphatic carbocycles. The first-order valence-corrected chi connectivity index (χ1v) is 8.98. The van der Waals surface area contributed by atoms with E-state index >= 15 is 0 Å². The number of carbonyl (C=O) groups excluding carboxylic acids is 2. The third-order valence-corrected chi connectivity index (χ3v) is 4.03. The van der Waals surface area contributed by atoms with E-state index < -0.39 is 12.0 Å². The predicted molar refractivity (Wildman–Crippen MR) is 107 cm³/mol. The molecule has 0 heterocycles. The highest BCUT2D eigenvalue weighted by Gasteiger charge is 2.17. The van der Waals surface area contributed by atoms with Gasteiger partial charge < -0.3 is 19.5 Å². The van der Waals surface area contributed by atoms with Crippen LogP contribution in [0.5, 0.6) is 11.5 Å². The van der Waals surface area contributed by atoms with Crippen LogP contribution in [0.1, 0.15) is 30.5 Å². The summed E-state index contributed by atoms with van der Waals surface area (Å²) in [5.74, 6) is 0.534. The van der Waals surface area contributed by atoms with Crippen molar-refractivity contribution in [2.24, 2.45) is 0 Å². The van der Waals surface area contributed by atoms with Crippen LogP contribution in [-0.2, 0) is 14.3 Å². The van der Waals surface area contributed by atoms with E-state index in [9.17, 15) is 9.59 Å². The summed E-state index contributed by atoms with van der Waals surface area (Å²) in [5.41, 5.74) is 1.63. The fraction of sp³-hybridized carbons (Fsp3) is 0.273. The van der Waals surface area contributed by atoms with Gasteiger partial charge in [-0.15, -0.1) is 0 Å². The Bertz CT molecular complexity index is 817. The summed E-state index contributed by atoms with van der Waals surface area (Å²) in [6.07, 6.45) is 3.15. The number of hydrogen-bond acceptors (Lipinski definition) is 5. The minimum absolute atomic E-state index is 0.0527. The molecule has 148 valence electrons. The summed E-state index contributed by atoms with van der Waals surface area (Å²) >= 11 is 0. The molecule has 0 aliphatic heterocycles. The molecule has 0 aliphatic rings. The standard InChI is InChI=1S/C22H25NO5/c1-4-28-20-14-16(10-12-19(20)26-2)11-13-21(24)23-18(15-22(25)27-3)17-8-6-5-7-9-17/h5-14,18H,4,15H2,1-3H3,(H,23,24)/b13-11+. The first-order valence-electron chi connectivity index (χ1n) is 8.98. The second-order valence-electron chi connectivity index (χ2n) is 5.93. The molecule has 1 N–H and O–H groups in total. The maximum Gasteiger partial charge on any atom is 0.307 e. The number of methoxy groups -OCH3 is 2. The van der Waals surface area contributed by atoms with Crippen LogP contribution in [0.4, 0.5) is 0 Å². The van der Waals surface area contributed by atoms with Gasteiger partial charge in [0.25, 0.3) is 0 Å². The Balaban J connectivity index is 2.11. The van der Waals surface area contributed by atoms with Crippen LogP contribution in [0, 0.1) is 0 Å². The molecule has 0 radical (unpaired) electrons. The van der Waals surface area contributed by atoms with Crippen LogP contribution in [0.25, 0.3) is 6.08 Å². The number of hydrogen-bond donors (Lipinski definition) is 1. The molecular weight excluding hydrogens is 358 g/mol. The van der Waals surface area contributed by atoms with E-state index in [1.165, 1.54) is 13.2 Å². The molecule has 0 fully saturated rings. The lowest BCUT2D eigenvalue weighted by Gasteiger charge is -2.17. The normalized spacial score (nSPS) is 11.7. The number of benzene rings is 2. The van der Waals surface area contributed by atoms with Crippen molar-refractivity contribution in [3.8, 4) is 11.5 Å². The number of rotatable bonds is 9. The van der Waals surface area contributed by atoms with Gasteiger partial charge in [0.1, 0.15) is 0 Å². The Morgan fingerprint density at radius 2 is 1.82 bits per heavy atom. The maximum absolute atomic E-state index is 12.4. The average molecular weight is 383 g/mol. The van der Waals surface area contributed by atoms with Gasteiger partial charge in [-0.25, -0.2) is 0 Å². The third-order valence-electron chi connectivity index (χ3n) is 4.03. The number of ether oxygens (including phenoxy) is 3. The Morgan fingerprint density at radius 3 is 2.46 bits per heavy atom. The highest BCUT2D eigenvalue weighted by Crippen LogP contribution is 2.28. The largest absolute Gasteiger partial charge is 0.493 e. The number of esters is 1. The van der Waals surface area contributed by atoms with Crippen LogP contribution in [0.2, 0.25) is 0 Å². The van der Waals surface area contributed by atoms with Crippen LogP contribution in [-0.4, -0.2) is 32.7 Å². The molecule has 28 heavy (non-hydrogen) atoms. The molecule has 2 aromatic carbocycles. The number of carbonyl (C=O) groups is 2. The molecule has 6 nitrogen and oxygen atoms in total. The van der Waals surface area contributed by atoms with Gasteiger partial charge in [0.05, 0.1) is 33.3 Å². The lowest BCUT2D eigenvalue weighted by molar-refractivity contribution is -0.141. The molecule has 0 saturated carbocycles. The SMILES string of the molecule is CCOc1cc(/C=C/C(=O)NC(CC(=O)OC)c2ccccc2)ccc1OC. The Morgan fingerprint density at radius 1 is 1.07 bits per heavy atom. The third kappa shape index (κ3) is 6.16. The van der Waals surface area contributed by atoms with E-state index in [1.807, 2.05) is 43.3 Å². The van der Waals surface area contributed by atoms with Gasteiger partial charge in [0.2, 0.25) is 5.91 Å². The van der Waals surface area contributed by atoms with Crippen molar-refractivity contribution >= 4 is 18.0 Å². The zero-order chi connectivity index (χ0) is 20.4. The van der Waals surface area contributed by atoms with Gasteiger partial charge in [-0.1, -0.05) is 36.4 Å². The van der Waals surface area contributed by atoms with Crippen molar-refractivity contribution in [1.82, 2.24) is 5.32 Å². The van der Waals surface area contributed by atoms with Crippen molar-refractivity contribution in [2.45, 2.75) is 19.4 Å². The molecule has 0 bridgehead atoms. The van der Waals surface area contributed by atoms with E-state index in [0.717, 1.165) is 11.1 Å². The van der Waals surface area contributed by atoms with Gasteiger partial charge >= 0.3 is 5.97 Å². The summed E-state index contributed by atoms with van der Waals surface area (Å²) in [7, 11) is 2.90. The van der Waals surface area contributed by atoms with Crippen molar-refractivity contribution in [3.05, 3.63) is 65.7 Å². The molecule has 2 aromatic rings. The smallest absolute Gasteiger partial charge is 0.307 e. The Labute approximate surface area is 165 Å². The Kier molecular flexibility index (Phi) is 8.09. The maximum atomic E-state index is 12.4. The summed E-state index contributed by atoms with van der Waals surface area (Å²) in [6.45, 7) is 2.40. The topological polar surface area (TPSA) is 73.9 Å². The molecule has 6 heteroatoms. The summed E-state index contributed by atoms with van der Waals surface area (Å²) in [4.78, 5) is 24.1. The highest BCUT2D eigenvalue weighted by molar-refractivity contribution is 5.92. The first-order chi connectivity index (χ1) is 13.6. The predicted octanol–water partition coefficient (Wildman–Crippen LogP) is 3.53. The van der Waals surface area contributed by atoms with Crippen molar-refractivity contribution < 1.29 is 23.8 Å². The van der Waals surface area contributed by atoms with Crippen molar-refractivity contribution in [1.29, 1.82) is 0 Å². The van der Waals surface area contributed by atoms with Crippen LogP contribution < -0.4 is 14.8 Å². The van der Waals surface area contributed by atoms with Gasteiger partial charge in [-0.3, -0.25) is 9.59 Å². The minimum Gasteiger partial charge on any atom is -0.493 e. The molecule has 0 saturated heterocycles. The van der Waals surface area contributed by atoms with Crippen LogP contribution in [0.15, 0.2) is 54.6 Å². The van der Waals surface area contributed by atoms with Gasteiger partial charge in [0, 0.05) is 6.08 Å². The lowest BCUT2D eigenvalue weighted by Crippen LogP contribution is -2.29. The van der Waals surface area contributed by atoms with Crippen molar-refractivity contribution in [2.75, 3.05) is 20.8 Å². The molecule has 2 rings (SSSR count). The fourth-order valence-electron chi connectivity index (χ4n) is 2.64. The van der Waals surface area contributed by atoms with Gasteiger partial charge in [0.15, 0.2) is 11.5 Å². The second-order valence-corrected chi connectivity index (χ2v) is 5.93. The van der Waals surface area contributed by atoms with E-state index in [1.54, 1.807) is 25.3 Å². The monoisotopic (exact) mass is 383 g/mol. The van der Waals surface area contributed by atoms with Crippen molar-refractivity contribution in [3.63, 3.8) is 0 Å². The zero-order valence-corrected chi connectivity index (χ0v) is 16.3. The molecule has 0 spiro atoms. The summed E-state index contributed by atoms with van der Waals surface area (Å²) < 4.78 is 15.5. The van der Waals surface area contributed by atoms with Gasteiger partial charge in [-0.2, -0.15) is 0 Å². The quantitative estimate of drug-likeness (QED) is 0.530. The van der Waals surface area contributed by atoms with Crippen LogP contribution >= 0.6 is 0 Å². The summed E-state index contributed by atoms with van der Waals surface area (Å²) in [5, 5.41) is 2.85. The van der Waals surface area contributed by atoms with Gasteiger partial charge in [-0.05, 0) is 36.3 Å². The molecule has 1 amide bonds. The van der Waals surface area contributed by atoms with E-state index in [2.05, 4.69) is 5.32 Å². The summed E-state index contributed by atoms with van der Waals surface area (Å²) in [6, 6.07) is 14.2. The zero-order valence-electron chi connectivity index (χ0n) is 16.3. The second kappa shape index (κ2) is 10.8. The van der Waals surface area contributed by atoms with Crippen LogP contribution in [0.3, 0.4) is 0 Å². The molecule has 1 unspecified atom stereocenters. The average Bonchev–Trinajstić information content (AvgIpc) is 2.72. The van der Waals surface area contributed by atoms with E-state index in [-0.39, 0.29) is 12.3 Å². The number of nitrogens with one attached hydrogen (secondary N) is 1. The fourth-order valence-corrected chi connectivity index (χ4v) is 2.64. The molecule has 0 aromatic heterocycles. The first kappa shape index (κ1) is 21.0. The minimum atomic E-state index is -0.472.